The van der Waals surface area contributed by atoms with Crippen LogP contribution in [0.15, 0.2) is 48.5 Å². The Balaban J connectivity index is 2.13. The zero-order chi connectivity index (χ0) is 30.5. The predicted octanol–water partition coefficient (Wildman–Crippen LogP) is 4.97. The minimum Gasteiger partial charge on any atom is -0.468 e. The molecule has 0 amide bonds. The second-order valence-corrected chi connectivity index (χ2v) is 10.4. The Kier molecular flexibility index (Phi) is 13.3. The second kappa shape index (κ2) is 16.4. The van der Waals surface area contributed by atoms with Crippen LogP contribution in [0.25, 0.3) is 0 Å². The van der Waals surface area contributed by atoms with Crippen molar-refractivity contribution in [2.75, 3.05) is 20.3 Å². The lowest BCUT2D eigenvalue weighted by molar-refractivity contribution is -0.143. The molecule has 0 aliphatic heterocycles. The summed E-state index contributed by atoms with van der Waals surface area (Å²) in [5, 5.41) is 3.01. The number of esters is 3. The number of hydrogen-bond donors (Lipinski definition) is 1. The van der Waals surface area contributed by atoms with E-state index in [9.17, 15) is 19.2 Å². The first-order chi connectivity index (χ1) is 19.4. The fraction of sp³-hybridized carbons (Fsp3) is 0.484. The molecule has 0 aliphatic rings. The molecule has 3 atom stereocenters. The maximum atomic E-state index is 12.8. The lowest BCUT2D eigenvalue weighted by atomic mass is 9.98. The highest BCUT2D eigenvalue weighted by Gasteiger charge is 2.25. The molecule has 224 valence electrons. The van der Waals surface area contributed by atoms with Crippen molar-refractivity contribution in [2.24, 2.45) is 23.7 Å². The number of methoxy groups -OCH3 is 1. The Hall–Kier alpha value is -3.92. The van der Waals surface area contributed by atoms with Gasteiger partial charge in [0.15, 0.2) is 11.5 Å². The van der Waals surface area contributed by atoms with Gasteiger partial charge in [-0.25, -0.2) is 4.79 Å². The van der Waals surface area contributed by atoms with Crippen LogP contribution in [0.1, 0.15) is 47.1 Å². The van der Waals surface area contributed by atoms with Gasteiger partial charge in [-0.15, -0.1) is 0 Å². The van der Waals surface area contributed by atoms with Crippen molar-refractivity contribution in [2.45, 2.75) is 54.0 Å². The Labute approximate surface area is 241 Å². The molecule has 0 radical (unpaired) electrons. The van der Waals surface area contributed by atoms with E-state index < -0.39 is 36.0 Å². The Bertz CT molecular complexity index is 1160. The van der Waals surface area contributed by atoms with Crippen LogP contribution in [-0.2, 0) is 30.3 Å². The smallest absolute Gasteiger partial charge is 0.468 e. The van der Waals surface area contributed by atoms with Gasteiger partial charge < -0.3 is 29.0 Å². The average molecular weight is 572 g/mol. The molecule has 0 bridgehead atoms. The summed E-state index contributed by atoms with van der Waals surface area (Å²) in [5.41, 5.74) is 0.619. The summed E-state index contributed by atoms with van der Waals surface area (Å²) in [5.74, 6) is -1.56. The number of rotatable bonds is 14. The third kappa shape index (κ3) is 10.9. The van der Waals surface area contributed by atoms with E-state index in [2.05, 4.69) is 5.32 Å². The molecular formula is C31H41NO9. The molecule has 0 saturated carbocycles. The van der Waals surface area contributed by atoms with Crippen molar-refractivity contribution in [3.05, 3.63) is 54.1 Å². The summed E-state index contributed by atoms with van der Waals surface area (Å²) in [6, 6.07) is 12.5. The molecule has 2 aromatic carbocycles. The molecule has 0 aliphatic carbocycles. The molecule has 2 unspecified atom stereocenters. The molecule has 0 heterocycles. The van der Waals surface area contributed by atoms with Crippen molar-refractivity contribution in [3.63, 3.8) is 0 Å². The summed E-state index contributed by atoms with van der Waals surface area (Å²) in [4.78, 5) is 49.8. The summed E-state index contributed by atoms with van der Waals surface area (Å²) in [7, 11) is 1.27. The maximum Gasteiger partial charge on any atom is 0.513 e. The molecule has 0 fully saturated rings. The number of nitrogens with one attached hydrogen (secondary N) is 1. The fourth-order valence-corrected chi connectivity index (χ4v) is 3.39. The van der Waals surface area contributed by atoms with Gasteiger partial charge in [0.1, 0.15) is 18.4 Å². The molecule has 1 N–H and O–H groups in total. The number of benzene rings is 2. The maximum absolute atomic E-state index is 12.8. The van der Waals surface area contributed by atoms with Gasteiger partial charge in [-0.05, 0) is 48.1 Å². The minimum absolute atomic E-state index is 0.0396. The van der Waals surface area contributed by atoms with E-state index in [4.69, 9.17) is 23.7 Å². The zero-order valence-corrected chi connectivity index (χ0v) is 24.8. The lowest BCUT2D eigenvalue weighted by Gasteiger charge is -2.20. The van der Waals surface area contributed by atoms with Gasteiger partial charge in [0.05, 0.1) is 18.9 Å². The van der Waals surface area contributed by atoms with Crippen molar-refractivity contribution in [1.82, 2.24) is 5.32 Å². The normalized spacial score (nSPS) is 13.2. The fourth-order valence-electron chi connectivity index (χ4n) is 3.39. The van der Waals surface area contributed by atoms with Gasteiger partial charge in [0, 0.05) is 6.54 Å². The standard InChI is InChI=1S/C31H41NO9/c1-19(2)21(5)28(33)40-26-14-13-23(18-27(26)41-29(34)22(6)20(3)4)17-25(30(35)37-7)32-15-16-38-31(36)39-24-11-9-8-10-12-24/h8-14,18-22,25,32H,15-17H2,1-7H3/t21?,22?,25-/m0/s1. The minimum atomic E-state index is -0.869. The van der Waals surface area contributed by atoms with E-state index >= 15 is 0 Å². The van der Waals surface area contributed by atoms with Crippen LogP contribution in [0, 0.1) is 23.7 Å². The van der Waals surface area contributed by atoms with Crippen LogP contribution in [0.2, 0.25) is 0 Å². The molecular weight excluding hydrogens is 530 g/mol. The summed E-state index contributed by atoms with van der Waals surface area (Å²) >= 11 is 0. The topological polar surface area (TPSA) is 126 Å². The first kappa shape index (κ1) is 33.3. The van der Waals surface area contributed by atoms with Gasteiger partial charge in [-0.3, -0.25) is 14.4 Å². The van der Waals surface area contributed by atoms with Crippen molar-refractivity contribution in [1.29, 1.82) is 0 Å². The Morgan fingerprint density at radius 1 is 0.732 bits per heavy atom. The van der Waals surface area contributed by atoms with Crippen LogP contribution in [0.4, 0.5) is 4.79 Å². The van der Waals surface area contributed by atoms with E-state index in [1.807, 2.05) is 27.7 Å². The van der Waals surface area contributed by atoms with Crippen LogP contribution in [0.5, 0.6) is 17.2 Å². The molecule has 41 heavy (non-hydrogen) atoms. The predicted molar refractivity (Wildman–Crippen MR) is 152 cm³/mol. The lowest BCUT2D eigenvalue weighted by Crippen LogP contribution is -2.41. The third-order valence-corrected chi connectivity index (χ3v) is 6.76. The highest BCUT2D eigenvalue weighted by molar-refractivity contribution is 5.79. The average Bonchev–Trinajstić information content (AvgIpc) is 2.94. The molecule has 10 nitrogen and oxygen atoms in total. The van der Waals surface area contributed by atoms with Crippen molar-refractivity contribution < 1.29 is 42.9 Å². The quantitative estimate of drug-likeness (QED) is 0.144. The number of carbonyl (C=O) groups is 4. The summed E-state index contributed by atoms with van der Waals surface area (Å²) < 4.78 is 26.3. The van der Waals surface area contributed by atoms with E-state index in [1.54, 1.807) is 62.4 Å². The number of carbonyl (C=O) groups excluding carboxylic acids is 4. The van der Waals surface area contributed by atoms with Gasteiger partial charge in [0.25, 0.3) is 0 Å². The Morgan fingerprint density at radius 3 is 1.88 bits per heavy atom. The summed E-state index contributed by atoms with van der Waals surface area (Å²) in [6.07, 6.45) is -0.714. The SMILES string of the molecule is COC(=O)[C@H](Cc1ccc(OC(=O)C(C)C(C)C)c(OC(=O)C(C)C(C)C)c1)NCCOC(=O)Oc1ccccc1. The van der Waals surface area contributed by atoms with Crippen LogP contribution in [-0.4, -0.2) is 50.4 Å². The molecule has 2 aromatic rings. The molecule has 0 aromatic heterocycles. The third-order valence-electron chi connectivity index (χ3n) is 6.76. The number of ether oxygens (including phenoxy) is 5. The van der Waals surface area contributed by atoms with Gasteiger partial charge in [0.2, 0.25) is 0 Å². The monoisotopic (exact) mass is 571 g/mol. The Morgan fingerprint density at radius 2 is 1.32 bits per heavy atom. The van der Waals surface area contributed by atoms with Crippen LogP contribution < -0.4 is 19.5 Å². The van der Waals surface area contributed by atoms with E-state index in [0.29, 0.717) is 11.3 Å². The number of para-hydroxylation sites is 1. The highest BCUT2D eigenvalue weighted by Crippen LogP contribution is 2.31. The molecule has 10 heteroatoms. The molecule has 0 spiro atoms. The largest absolute Gasteiger partial charge is 0.513 e. The van der Waals surface area contributed by atoms with Crippen molar-refractivity contribution >= 4 is 24.1 Å². The molecule has 2 rings (SSSR count). The van der Waals surface area contributed by atoms with Crippen LogP contribution in [0.3, 0.4) is 0 Å². The van der Waals surface area contributed by atoms with Crippen LogP contribution >= 0.6 is 0 Å². The van der Waals surface area contributed by atoms with E-state index in [0.717, 1.165) is 0 Å². The zero-order valence-electron chi connectivity index (χ0n) is 24.8. The number of hydrogen-bond acceptors (Lipinski definition) is 10. The van der Waals surface area contributed by atoms with Gasteiger partial charge in [-0.2, -0.15) is 0 Å². The van der Waals surface area contributed by atoms with E-state index in [1.165, 1.54) is 7.11 Å². The first-order valence-electron chi connectivity index (χ1n) is 13.7. The van der Waals surface area contributed by atoms with E-state index in [-0.39, 0.29) is 48.8 Å². The van der Waals surface area contributed by atoms with Crippen molar-refractivity contribution in [3.8, 4) is 17.2 Å². The molecule has 0 saturated heterocycles. The van der Waals surface area contributed by atoms with Gasteiger partial charge in [-0.1, -0.05) is 65.8 Å². The van der Waals surface area contributed by atoms with Gasteiger partial charge >= 0.3 is 24.1 Å². The highest BCUT2D eigenvalue weighted by atomic mass is 16.7. The summed E-state index contributed by atoms with van der Waals surface area (Å²) in [6.45, 7) is 11.3. The first-order valence-corrected chi connectivity index (χ1v) is 13.7. The second-order valence-electron chi connectivity index (χ2n) is 10.4.